The number of aromatic nitrogens is 2. The first-order valence-electron chi connectivity index (χ1n) is 3.73. The fourth-order valence-electron chi connectivity index (χ4n) is 1.27. The molecule has 0 saturated heterocycles. The zero-order valence-corrected chi connectivity index (χ0v) is 7.78. The number of anilines is 1. The van der Waals surface area contributed by atoms with E-state index in [1.807, 2.05) is 0 Å². The van der Waals surface area contributed by atoms with Crippen LogP contribution in [0.3, 0.4) is 0 Å². The van der Waals surface area contributed by atoms with Crippen LogP contribution in [0.1, 0.15) is 12.1 Å². The van der Waals surface area contributed by atoms with Crippen molar-refractivity contribution in [1.82, 2.24) is 9.97 Å². The second kappa shape index (κ2) is 3.07. The van der Waals surface area contributed by atoms with Crippen LogP contribution < -0.4 is 5.32 Å². The minimum atomic E-state index is 0.224. The molecule has 0 fully saturated rings. The Morgan fingerprint density at radius 1 is 1.25 bits per heavy atom. The Morgan fingerprint density at radius 2 is 2.08 bits per heavy atom. The molecule has 0 unspecified atom stereocenters. The first-order chi connectivity index (χ1) is 5.77. The molecule has 1 aliphatic rings. The van der Waals surface area contributed by atoms with E-state index in [-0.39, 0.29) is 5.28 Å². The second-order valence-corrected chi connectivity index (χ2v) is 3.33. The minimum Gasteiger partial charge on any atom is -0.381 e. The fourth-order valence-corrected chi connectivity index (χ4v) is 1.76. The van der Waals surface area contributed by atoms with Crippen molar-refractivity contribution in [2.24, 2.45) is 0 Å². The van der Waals surface area contributed by atoms with E-state index in [4.69, 9.17) is 23.2 Å². The molecule has 0 atom stereocenters. The molecule has 0 aromatic carbocycles. The molecule has 64 valence electrons. The average molecular weight is 204 g/mol. The van der Waals surface area contributed by atoms with E-state index >= 15 is 0 Å². The van der Waals surface area contributed by atoms with E-state index in [9.17, 15) is 0 Å². The van der Waals surface area contributed by atoms with Crippen molar-refractivity contribution in [2.45, 2.75) is 12.8 Å². The summed E-state index contributed by atoms with van der Waals surface area (Å²) in [6.07, 6.45) is 1.99. The predicted octanol–water partition coefficient (Wildman–Crippen LogP) is 2.14. The van der Waals surface area contributed by atoms with Crippen LogP contribution in [0.4, 0.5) is 5.69 Å². The molecule has 2 heterocycles. The van der Waals surface area contributed by atoms with Crippen LogP contribution in [-0.2, 0) is 6.42 Å². The third-order valence-electron chi connectivity index (χ3n) is 1.80. The number of hydrogen-bond donors (Lipinski definition) is 1. The molecule has 1 aromatic rings. The number of nitrogens with zero attached hydrogens (tertiary/aromatic N) is 2. The second-order valence-electron chi connectivity index (χ2n) is 2.64. The summed E-state index contributed by atoms with van der Waals surface area (Å²) in [5.74, 6) is 0. The van der Waals surface area contributed by atoms with E-state index in [0.717, 1.165) is 30.8 Å². The van der Waals surface area contributed by atoms with Gasteiger partial charge in [0.05, 0.1) is 11.4 Å². The summed E-state index contributed by atoms with van der Waals surface area (Å²) in [4.78, 5) is 7.93. The van der Waals surface area contributed by atoms with E-state index < -0.39 is 0 Å². The topological polar surface area (TPSA) is 37.8 Å². The summed E-state index contributed by atoms with van der Waals surface area (Å²) in [6.45, 7) is 0.928. The van der Waals surface area contributed by atoms with Crippen LogP contribution in [-0.4, -0.2) is 16.5 Å². The lowest BCUT2D eigenvalue weighted by Gasteiger charge is -2.17. The molecule has 0 saturated carbocycles. The predicted molar refractivity (Wildman–Crippen MR) is 48.9 cm³/mol. The van der Waals surface area contributed by atoms with Gasteiger partial charge in [-0.15, -0.1) is 0 Å². The third-order valence-corrected chi connectivity index (χ3v) is 2.25. The van der Waals surface area contributed by atoms with Gasteiger partial charge in [-0.1, -0.05) is 11.6 Å². The molecule has 12 heavy (non-hydrogen) atoms. The first kappa shape index (κ1) is 8.08. The van der Waals surface area contributed by atoms with Crippen molar-refractivity contribution in [1.29, 1.82) is 0 Å². The van der Waals surface area contributed by atoms with Crippen molar-refractivity contribution < 1.29 is 0 Å². The zero-order chi connectivity index (χ0) is 8.55. The van der Waals surface area contributed by atoms with E-state index in [0.29, 0.717) is 5.15 Å². The highest BCUT2D eigenvalue weighted by Crippen LogP contribution is 2.27. The number of aryl methyl sites for hydroxylation is 1. The summed E-state index contributed by atoms with van der Waals surface area (Å²) in [6, 6.07) is 0. The normalized spacial score (nSPS) is 15.2. The summed E-state index contributed by atoms with van der Waals surface area (Å²) in [5.41, 5.74) is 1.76. The van der Waals surface area contributed by atoms with Gasteiger partial charge in [0, 0.05) is 6.54 Å². The third kappa shape index (κ3) is 1.34. The molecular weight excluding hydrogens is 197 g/mol. The quantitative estimate of drug-likeness (QED) is 0.519. The molecule has 3 nitrogen and oxygen atoms in total. The SMILES string of the molecule is Clc1nc(Cl)c2c(n1)CCCN2. The minimum absolute atomic E-state index is 0.224. The molecule has 0 aliphatic carbocycles. The maximum Gasteiger partial charge on any atom is 0.224 e. The van der Waals surface area contributed by atoms with Gasteiger partial charge in [0.2, 0.25) is 5.28 Å². The number of fused-ring (bicyclic) bond motifs is 1. The van der Waals surface area contributed by atoms with Crippen LogP contribution in [0.5, 0.6) is 0 Å². The molecule has 0 radical (unpaired) electrons. The molecule has 0 bridgehead atoms. The summed E-state index contributed by atoms with van der Waals surface area (Å²) < 4.78 is 0. The Balaban J connectivity index is 2.53. The first-order valence-corrected chi connectivity index (χ1v) is 4.49. The van der Waals surface area contributed by atoms with Gasteiger partial charge >= 0.3 is 0 Å². The van der Waals surface area contributed by atoms with Gasteiger partial charge in [0.1, 0.15) is 0 Å². The highest BCUT2D eigenvalue weighted by atomic mass is 35.5. The maximum absolute atomic E-state index is 5.85. The number of hydrogen-bond acceptors (Lipinski definition) is 3. The van der Waals surface area contributed by atoms with Crippen molar-refractivity contribution in [3.05, 3.63) is 16.1 Å². The molecule has 1 aromatic heterocycles. The largest absolute Gasteiger partial charge is 0.381 e. The lowest BCUT2D eigenvalue weighted by Crippen LogP contribution is -2.14. The summed E-state index contributed by atoms with van der Waals surface area (Å²) in [7, 11) is 0. The Labute approximate surface area is 80.1 Å². The Kier molecular flexibility index (Phi) is 2.07. The molecule has 1 aliphatic heterocycles. The monoisotopic (exact) mass is 203 g/mol. The van der Waals surface area contributed by atoms with Gasteiger partial charge in [-0.3, -0.25) is 0 Å². The van der Waals surface area contributed by atoms with Crippen molar-refractivity contribution in [2.75, 3.05) is 11.9 Å². The number of nitrogens with one attached hydrogen (secondary N) is 1. The molecule has 5 heteroatoms. The van der Waals surface area contributed by atoms with Crippen LogP contribution in [0.25, 0.3) is 0 Å². The molecule has 1 N–H and O–H groups in total. The van der Waals surface area contributed by atoms with E-state index in [2.05, 4.69) is 15.3 Å². The molecule has 0 amide bonds. The van der Waals surface area contributed by atoms with Gasteiger partial charge < -0.3 is 5.32 Å². The maximum atomic E-state index is 5.85. The van der Waals surface area contributed by atoms with E-state index in [1.54, 1.807) is 0 Å². The molecule has 0 spiro atoms. The lowest BCUT2D eigenvalue weighted by atomic mass is 10.1. The standard InChI is InChI=1S/C7H7Cl2N3/c8-6-5-4(2-1-3-10-5)11-7(9)12-6/h10H,1-3H2. The zero-order valence-electron chi connectivity index (χ0n) is 6.27. The Morgan fingerprint density at radius 3 is 2.92 bits per heavy atom. The van der Waals surface area contributed by atoms with Crippen LogP contribution in [0, 0.1) is 0 Å². The van der Waals surface area contributed by atoms with Gasteiger partial charge in [-0.2, -0.15) is 0 Å². The van der Waals surface area contributed by atoms with Crippen LogP contribution in [0.15, 0.2) is 0 Å². The van der Waals surface area contributed by atoms with Crippen LogP contribution >= 0.6 is 23.2 Å². The molecule has 2 rings (SSSR count). The van der Waals surface area contributed by atoms with Gasteiger partial charge in [-0.05, 0) is 24.4 Å². The average Bonchev–Trinajstić information content (AvgIpc) is 2.04. The summed E-state index contributed by atoms with van der Waals surface area (Å²) in [5, 5.41) is 3.79. The summed E-state index contributed by atoms with van der Waals surface area (Å²) >= 11 is 11.5. The number of rotatable bonds is 0. The smallest absolute Gasteiger partial charge is 0.224 e. The highest BCUT2D eigenvalue weighted by Gasteiger charge is 2.15. The Bertz CT molecular complexity index is 314. The van der Waals surface area contributed by atoms with E-state index in [1.165, 1.54) is 0 Å². The molecular formula is C7H7Cl2N3. The number of halogens is 2. The van der Waals surface area contributed by atoms with Gasteiger partial charge in [0.15, 0.2) is 5.15 Å². The van der Waals surface area contributed by atoms with Crippen molar-refractivity contribution >= 4 is 28.9 Å². The van der Waals surface area contributed by atoms with Crippen LogP contribution in [0.2, 0.25) is 10.4 Å². The van der Waals surface area contributed by atoms with Gasteiger partial charge in [0.25, 0.3) is 0 Å². The fraction of sp³-hybridized carbons (Fsp3) is 0.429. The van der Waals surface area contributed by atoms with Gasteiger partial charge in [-0.25, -0.2) is 9.97 Å². The van der Waals surface area contributed by atoms with Crippen molar-refractivity contribution in [3.63, 3.8) is 0 Å². The Hall–Kier alpha value is -0.540. The lowest BCUT2D eigenvalue weighted by molar-refractivity contribution is 0.794. The highest BCUT2D eigenvalue weighted by molar-refractivity contribution is 6.33. The van der Waals surface area contributed by atoms with Crippen molar-refractivity contribution in [3.8, 4) is 0 Å².